The third-order valence-corrected chi connectivity index (χ3v) is 2.58. The molecule has 0 unspecified atom stereocenters. The van der Waals surface area contributed by atoms with Gasteiger partial charge in [-0.2, -0.15) is 0 Å². The van der Waals surface area contributed by atoms with E-state index < -0.39 is 0 Å². The van der Waals surface area contributed by atoms with E-state index in [1.54, 1.807) is 0 Å². The molecule has 0 amide bonds. The van der Waals surface area contributed by atoms with Crippen LogP contribution in [0.5, 0.6) is 0 Å². The minimum absolute atomic E-state index is 0.737. The first-order valence-corrected chi connectivity index (χ1v) is 5.13. The molecule has 14 heavy (non-hydrogen) atoms. The number of hydrogen-bond acceptors (Lipinski definition) is 1. The van der Waals surface area contributed by atoms with E-state index in [2.05, 4.69) is 12.1 Å². The van der Waals surface area contributed by atoms with Crippen molar-refractivity contribution in [2.75, 3.05) is 0 Å². The van der Waals surface area contributed by atoms with Gasteiger partial charge in [0, 0.05) is 16.3 Å². The van der Waals surface area contributed by atoms with Gasteiger partial charge in [0.05, 0.1) is 0 Å². The zero-order valence-electron chi connectivity index (χ0n) is 7.46. The van der Waals surface area contributed by atoms with Gasteiger partial charge < -0.3 is 0 Å². The van der Waals surface area contributed by atoms with Gasteiger partial charge in [0.15, 0.2) is 0 Å². The molecule has 2 rings (SSSR count). The van der Waals surface area contributed by atoms with Crippen LogP contribution >= 0.6 is 23.8 Å². The minimum Gasteiger partial charge on any atom is -0.0846 e. The van der Waals surface area contributed by atoms with Crippen LogP contribution in [0.3, 0.4) is 0 Å². The molecule has 1 aromatic carbocycles. The van der Waals surface area contributed by atoms with Gasteiger partial charge in [-0.3, -0.25) is 0 Å². The summed E-state index contributed by atoms with van der Waals surface area (Å²) >= 11 is 11.0. The Balaban J connectivity index is 2.33. The van der Waals surface area contributed by atoms with E-state index >= 15 is 0 Å². The Morgan fingerprint density at radius 3 is 2.86 bits per heavy atom. The van der Waals surface area contributed by atoms with Crippen LogP contribution in [0.15, 0.2) is 36.4 Å². The Hall–Kier alpha value is -0.920. The molecule has 2 heteroatoms. The van der Waals surface area contributed by atoms with Crippen molar-refractivity contribution < 1.29 is 0 Å². The number of rotatable bonds is 1. The van der Waals surface area contributed by atoms with E-state index in [9.17, 15) is 0 Å². The smallest absolute Gasteiger partial charge is 0.0412 e. The third-order valence-electron chi connectivity index (χ3n) is 2.05. The Morgan fingerprint density at radius 2 is 2.21 bits per heavy atom. The quantitative estimate of drug-likeness (QED) is 0.647. The monoisotopic (exact) mass is 219 g/mol. The summed E-state index contributed by atoms with van der Waals surface area (Å²) in [7, 11) is 0. The van der Waals surface area contributed by atoms with Crippen molar-refractivity contribution in [3.05, 3.63) is 53.1 Å². The molecule has 0 saturated heterocycles. The maximum Gasteiger partial charge on any atom is 0.0412 e. The van der Waals surface area contributed by atoms with Gasteiger partial charge in [-0.1, -0.05) is 42.0 Å². The van der Waals surface area contributed by atoms with Crippen LogP contribution in [0.25, 0.3) is 5.57 Å². The molecule has 0 spiro atoms. The second-order valence-corrected chi connectivity index (χ2v) is 4.04. The van der Waals surface area contributed by atoms with Gasteiger partial charge in [0.2, 0.25) is 0 Å². The van der Waals surface area contributed by atoms with Gasteiger partial charge in [0.25, 0.3) is 0 Å². The normalized spacial score (nSPS) is 15.5. The van der Waals surface area contributed by atoms with Gasteiger partial charge >= 0.3 is 0 Å². The summed E-state index contributed by atoms with van der Waals surface area (Å²) in [6, 6.07) is 8.71. The Bertz CT molecular complexity index is 430. The van der Waals surface area contributed by atoms with Crippen molar-refractivity contribution in [1.82, 2.24) is 0 Å². The summed E-state index contributed by atoms with van der Waals surface area (Å²) in [6.07, 6.45) is 6.90. The van der Waals surface area contributed by atoms with E-state index in [-0.39, 0.29) is 0 Å². The predicted molar refractivity (Wildman–Crippen MR) is 64.6 cm³/mol. The predicted octanol–water partition coefficient (Wildman–Crippen LogP) is 3.85. The van der Waals surface area contributed by atoms with Crippen molar-refractivity contribution in [3.63, 3.8) is 0 Å². The Labute approximate surface area is 93.9 Å². The average molecular weight is 220 g/mol. The molecule has 0 N–H and O–H groups in total. The molecule has 0 aliphatic heterocycles. The molecule has 1 aliphatic carbocycles. The maximum absolute atomic E-state index is 5.90. The molecule has 1 radical (unpaired) electrons. The lowest BCUT2D eigenvalue weighted by Crippen LogP contribution is -1.93. The molecular weight excluding hydrogens is 212 g/mol. The largest absolute Gasteiger partial charge is 0.0846 e. The molecule has 0 aromatic heterocycles. The summed E-state index contributed by atoms with van der Waals surface area (Å²) < 4.78 is 0. The molecule has 0 heterocycles. The highest BCUT2D eigenvalue weighted by molar-refractivity contribution is 7.80. The zero-order valence-corrected chi connectivity index (χ0v) is 9.03. The van der Waals surface area contributed by atoms with Gasteiger partial charge in [-0.25, -0.2) is 0 Å². The molecule has 0 nitrogen and oxygen atoms in total. The minimum atomic E-state index is 0.737. The van der Waals surface area contributed by atoms with Crippen molar-refractivity contribution in [2.45, 2.75) is 6.42 Å². The van der Waals surface area contributed by atoms with Crippen LogP contribution in [-0.4, -0.2) is 4.86 Å². The fourth-order valence-corrected chi connectivity index (χ4v) is 1.66. The lowest BCUT2D eigenvalue weighted by molar-refractivity contribution is 1.48. The number of allylic oxidation sites excluding steroid dienone is 4. The molecule has 1 aliphatic rings. The van der Waals surface area contributed by atoms with Crippen LogP contribution in [0.1, 0.15) is 12.0 Å². The fraction of sp³-hybridized carbons (Fsp3) is 0.0833. The molecule has 0 atom stereocenters. The molecule has 0 bridgehead atoms. The molecule has 0 saturated carbocycles. The Morgan fingerprint density at radius 1 is 1.36 bits per heavy atom. The van der Waals surface area contributed by atoms with Crippen molar-refractivity contribution in [2.24, 2.45) is 0 Å². The van der Waals surface area contributed by atoms with Crippen LogP contribution in [-0.2, 0) is 0 Å². The van der Waals surface area contributed by atoms with Crippen molar-refractivity contribution in [1.29, 1.82) is 0 Å². The van der Waals surface area contributed by atoms with E-state index in [0.29, 0.717) is 0 Å². The SMILES string of the molecule is S=C1C=CC(c2[c]ccc(Cl)c2)=CC1. The van der Waals surface area contributed by atoms with E-state index in [1.807, 2.05) is 30.4 Å². The van der Waals surface area contributed by atoms with Crippen molar-refractivity contribution in [3.8, 4) is 0 Å². The summed E-state index contributed by atoms with van der Waals surface area (Å²) in [5.74, 6) is 0. The first-order valence-electron chi connectivity index (χ1n) is 4.34. The lowest BCUT2D eigenvalue weighted by Gasteiger charge is -2.07. The fourth-order valence-electron chi connectivity index (χ4n) is 1.33. The Kier molecular flexibility index (Phi) is 2.80. The number of hydrogen-bond donors (Lipinski definition) is 0. The van der Waals surface area contributed by atoms with Gasteiger partial charge in [0.1, 0.15) is 0 Å². The summed E-state index contributed by atoms with van der Waals surface area (Å²) in [4.78, 5) is 0.968. The van der Waals surface area contributed by atoms with Crippen LogP contribution < -0.4 is 0 Å². The highest BCUT2D eigenvalue weighted by atomic mass is 35.5. The lowest BCUT2D eigenvalue weighted by atomic mass is 10.00. The standard InChI is InChI=1S/C12H8ClS/c13-11-3-1-2-10(8-11)9-4-6-12(14)7-5-9/h1,3-6,8H,7H2. The number of thiocarbonyl (C=S) groups is 1. The second-order valence-electron chi connectivity index (χ2n) is 3.08. The zero-order chi connectivity index (χ0) is 9.97. The summed E-state index contributed by atoms with van der Waals surface area (Å²) in [5, 5.41) is 0.737. The first kappa shape index (κ1) is 9.63. The summed E-state index contributed by atoms with van der Waals surface area (Å²) in [6.45, 7) is 0. The van der Waals surface area contributed by atoms with Gasteiger partial charge in [-0.15, -0.1) is 0 Å². The highest BCUT2D eigenvalue weighted by Gasteiger charge is 2.03. The number of benzene rings is 1. The summed E-state index contributed by atoms with van der Waals surface area (Å²) in [5.41, 5.74) is 2.16. The van der Waals surface area contributed by atoms with Crippen LogP contribution in [0.4, 0.5) is 0 Å². The first-order chi connectivity index (χ1) is 6.75. The molecule has 69 valence electrons. The van der Waals surface area contributed by atoms with Crippen LogP contribution in [0, 0.1) is 6.07 Å². The highest BCUT2D eigenvalue weighted by Crippen LogP contribution is 2.22. The molecule has 0 fully saturated rings. The maximum atomic E-state index is 5.90. The van der Waals surface area contributed by atoms with Gasteiger partial charge in [-0.05, 0) is 35.4 Å². The third kappa shape index (κ3) is 2.11. The average Bonchev–Trinajstić information content (AvgIpc) is 2.19. The number of halogens is 1. The topological polar surface area (TPSA) is 0 Å². The second kappa shape index (κ2) is 4.07. The molecular formula is C12H8ClS. The van der Waals surface area contributed by atoms with E-state index in [1.165, 1.54) is 0 Å². The molecule has 1 aromatic rings. The van der Waals surface area contributed by atoms with Crippen LogP contribution in [0.2, 0.25) is 5.02 Å². The van der Waals surface area contributed by atoms with Crippen molar-refractivity contribution >= 4 is 34.3 Å². The van der Waals surface area contributed by atoms with E-state index in [0.717, 1.165) is 27.4 Å². The van der Waals surface area contributed by atoms with E-state index in [4.69, 9.17) is 23.8 Å².